The van der Waals surface area contributed by atoms with Gasteiger partial charge in [-0.2, -0.15) is 0 Å². The van der Waals surface area contributed by atoms with Gasteiger partial charge < -0.3 is 4.90 Å². The van der Waals surface area contributed by atoms with Crippen molar-refractivity contribution in [1.82, 2.24) is 19.6 Å². The van der Waals surface area contributed by atoms with Crippen LogP contribution < -0.4 is 5.56 Å². The lowest BCUT2D eigenvalue weighted by atomic mass is 9.98. The van der Waals surface area contributed by atoms with Crippen LogP contribution in [-0.4, -0.2) is 51.0 Å². The molecular weight excluding hydrogens is 399 g/mol. The summed E-state index contributed by atoms with van der Waals surface area (Å²) in [5, 5.41) is 3.10. The highest BCUT2D eigenvalue weighted by Gasteiger charge is 2.44. The van der Waals surface area contributed by atoms with E-state index in [2.05, 4.69) is 5.10 Å². The molecule has 0 bridgehead atoms. The van der Waals surface area contributed by atoms with E-state index in [1.54, 1.807) is 0 Å². The second kappa shape index (κ2) is 8.17. The molecule has 0 spiro atoms. The Labute approximate surface area is 180 Å². The van der Waals surface area contributed by atoms with Gasteiger partial charge in [0, 0.05) is 25.3 Å². The van der Waals surface area contributed by atoms with Crippen molar-refractivity contribution in [2.24, 2.45) is 0 Å². The third-order valence-corrected chi connectivity index (χ3v) is 5.84. The number of imide groups is 1. The van der Waals surface area contributed by atoms with Crippen molar-refractivity contribution in [2.75, 3.05) is 19.6 Å². The van der Waals surface area contributed by atoms with E-state index in [1.807, 2.05) is 25.7 Å². The molecule has 0 unspecified atom stereocenters. The first kappa shape index (κ1) is 21.1. The number of rotatable bonds is 6. The maximum absolute atomic E-state index is 13.5. The molecule has 31 heavy (non-hydrogen) atoms. The van der Waals surface area contributed by atoms with Gasteiger partial charge in [-0.15, -0.1) is 0 Å². The smallest absolute Gasteiger partial charge is 0.279 e. The van der Waals surface area contributed by atoms with E-state index in [-0.39, 0.29) is 23.0 Å². The fraction of sp³-hybridized carbons (Fsp3) is 0.435. The van der Waals surface area contributed by atoms with Gasteiger partial charge in [0.05, 0.1) is 16.8 Å². The fourth-order valence-corrected chi connectivity index (χ4v) is 4.33. The second-order valence-corrected chi connectivity index (χ2v) is 8.35. The Bertz CT molecular complexity index is 1100. The summed E-state index contributed by atoms with van der Waals surface area (Å²) in [5.74, 6) is -1.25. The lowest BCUT2D eigenvalue weighted by Crippen LogP contribution is -2.35. The summed E-state index contributed by atoms with van der Waals surface area (Å²) in [7, 11) is 0. The van der Waals surface area contributed by atoms with Crippen LogP contribution in [0.25, 0.3) is 11.3 Å². The number of carbonyl (C=O) groups excluding carboxylic acids is 2. The summed E-state index contributed by atoms with van der Waals surface area (Å²) < 4.78 is 14.7. The van der Waals surface area contributed by atoms with Crippen molar-refractivity contribution in [3.8, 4) is 5.69 Å². The van der Waals surface area contributed by atoms with E-state index < -0.39 is 17.3 Å². The molecule has 3 heterocycles. The Morgan fingerprint density at radius 3 is 2.26 bits per heavy atom. The lowest BCUT2D eigenvalue weighted by molar-refractivity contribution is -0.137. The first-order valence-electron chi connectivity index (χ1n) is 10.8. The van der Waals surface area contributed by atoms with Crippen molar-refractivity contribution >= 4 is 17.4 Å². The zero-order chi connectivity index (χ0) is 22.3. The molecule has 1 fully saturated rings. The monoisotopic (exact) mass is 426 g/mol. The molecule has 2 aliphatic rings. The standard InChI is InChI=1S/C23H27FN4O3/c1-4-11-27-21(29)18(20(23(27)31)26-12-5-6-13-26)17-19(14(2)3)25-28(22(17)30)16-9-7-15(24)8-10-16/h7-10,14,25H,4-6,11-13H2,1-3H3. The number of carbonyl (C=O) groups is 2. The fourth-order valence-electron chi connectivity index (χ4n) is 4.33. The molecule has 8 heteroatoms. The normalized spacial score (nSPS) is 17.1. The number of nitrogens with zero attached hydrogens (tertiary/aromatic N) is 3. The van der Waals surface area contributed by atoms with E-state index in [1.165, 1.54) is 33.8 Å². The Morgan fingerprint density at radius 1 is 1.03 bits per heavy atom. The summed E-state index contributed by atoms with van der Waals surface area (Å²) in [6.45, 7) is 7.43. The van der Waals surface area contributed by atoms with Gasteiger partial charge >= 0.3 is 0 Å². The van der Waals surface area contributed by atoms with Crippen LogP contribution in [0.15, 0.2) is 34.8 Å². The number of hydrogen-bond acceptors (Lipinski definition) is 4. The summed E-state index contributed by atoms with van der Waals surface area (Å²) in [6.07, 6.45) is 2.52. The number of nitrogens with one attached hydrogen (secondary N) is 1. The maximum Gasteiger partial charge on any atom is 0.279 e. The van der Waals surface area contributed by atoms with Crippen LogP contribution in [0.2, 0.25) is 0 Å². The molecule has 2 aliphatic heterocycles. The molecule has 0 saturated carbocycles. The first-order chi connectivity index (χ1) is 14.8. The molecule has 0 radical (unpaired) electrons. The highest BCUT2D eigenvalue weighted by Crippen LogP contribution is 2.35. The average molecular weight is 426 g/mol. The summed E-state index contributed by atoms with van der Waals surface area (Å²) in [4.78, 5) is 43.4. The van der Waals surface area contributed by atoms with Crippen LogP contribution in [0.4, 0.5) is 4.39 Å². The molecule has 0 atom stereocenters. The first-order valence-corrected chi connectivity index (χ1v) is 10.8. The van der Waals surface area contributed by atoms with E-state index in [4.69, 9.17) is 0 Å². The van der Waals surface area contributed by atoms with Crippen molar-refractivity contribution < 1.29 is 14.0 Å². The minimum Gasteiger partial charge on any atom is -0.366 e. The van der Waals surface area contributed by atoms with E-state index >= 15 is 0 Å². The van der Waals surface area contributed by atoms with Crippen molar-refractivity contribution in [2.45, 2.75) is 46.0 Å². The molecule has 2 aromatic rings. The number of likely N-dealkylation sites (tertiary alicyclic amines) is 1. The van der Waals surface area contributed by atoms with Crippen molar-refractivity contribution in [3.63, 3.8) is 0 Å². The Morgan fingerprint density at radius 2 is 1.68 bits per heavy atom. The van der Waals surface area contributed by atoms with Gasteiger partial charge in [-0.25, -0.2) is 9.07 Å². The third-order valence-electron chi connectivity index (χ3n) is 5.84. The quantitative estimate of drug-likeness (QED) is 0.721. The summed E-state index contributed by atoms with van der Waals surface area (Å²) >= 11 is 0. The average Bonchev–Trinajstić information content (AvgIpc) is 3.43. The molecule has 164 valence electrons. The third kappa shape index (κ3) is 3.49. The van der Waals surface area contributed by atoms with Gasteiger partial charge in [0.15, 0.2) is 0 Å². The van der Waals surface area contributed by atoms with Crippen LogP contribution in [0, 0.1) is 5.82 Å². The molecule has 1 saturated heterocycles. The minimum atomic E-state index is -0.419. The number of aromatic nitrogens is 2. The molecular formula is C23H27FN4O3. The van der Waals surface area contributed by atoms with E-state index in [0.29, 0.717) is 43.1 Å². The largest absolute Gasteiger partial charge is 0.366 e. The molecule has 2 amide bonds. The zero-order valence-electron chi connectivity index (χ0n) is 18.1. The molecule has 0 aliphatic carbocycles. The number of H-pyrrole nitrogens is 1. The molecule has 1 aromatic carbocycles. The minimum absolute atomic E-state index is 0.0974. The predicted octanol–water partition coefficient (Wildman–Crippen LogP) is 3.01. The summed E-state index contributed by atoms with van der Waals surface area (Å²) in [5.41, 5.74) is 1.39. The SMILES string of the molecule is CCCN1C(=O)C(c2c(C(C)C)[nH]n(-c3ccc(F)cc3)c2=O)=C(N2CCCC2)C1=O. The topological polar surface area (TPSA) is 78.4 Å². The van der Waals surface area contributed by atoms with Crippen LogP contribution in [0.5, 0.6) is 0 Å². The van der Waals surface area contributed by atoms with Gasteiger partial charge in [0.1, 0.15) is 11.5 Å². The van der Waals surface area contributed by atoms with Crippen molar-refractivity contribution in [3.05, 3.63) is 57.4 Å². The van der Waals surface area contributed by atoms with Gasteiger partial charge in [0.25, 0.3) is 17.4 Å². The number of hydrogen-bond donors (Lipinski definition) is 1. The van der Waals surface area contributed by atoms with E-state index in [9.17, 15) is 18.8 Å². The number of amides is 2. The van der Waals surface area contributed by atoms with Gasteiger partial charge in [-0.3, -0.25) is 24.4 Å². The highest BCUT2D eigenvalue weighted by atomic mass is 19.1. The van der Waals surface area contributed by atoms with Gasteiger partial charge in [-0.1, -0.05) is 20.8 Å². The molecule has 4 rings (SSSR count). The Kier molecular flexibility index (Phi) is 5.56. The number of benzene rings is 1. The second-order valence-electron chi connectivity index (χ2n) is 8.35. The van der Waals surface area contributed by atoms with Crippen molar-refractivity contribution in [1.29, 1.82) is 0 Å². The summed E-state index contributed by atoms with van der Waals surface area (Å²) in [6, 6.07) is 5.56. The van der Waals surface area contributed by atoms with Crippen LogP contribution in [-0.2, 0) is 9.59 Å². The van der Waals surface area contributed by atoms with Crippen LogP contribution in [0.3, 0.4) is 0 Å². The highest BCUT2D eigenvalue weighted by molar-refractivity contribution is 6.35. The molecule has 1 N–H and O–H groups in total. The zero-order valence-corrected chi connectivity index (χ0v) is 18.1. The number of halogens is 1. The lowest BCUT2D eigenvalue weighted by Gasteiger charge is -2.19. The van der Waals surface area contributed by atoms with Gasteiger partial charge in [0.2, 0.25) is 0 Å². The van der Waals surface area contributed by atoms with E-state index in [0.717, 1.165) is 12.8 Å². The molecule has 1 aromatic heterocycles. The van der Waals surface area contributed by atoms with Crippen LogP contribution in [0.1, 0.15) is 57.2 Å². The van der Waals surface area contributed by atoms with Gasteiger partial charge in [-0.05, 0) is 49.4 Å². The maximum atomic E-state index is 13.5. The Hall–Kier alpha value is -3.16. The molecule has 7 nitrogen and oxygen atoms in total. The number of aromatic amines is 1. The van der Waals surface area contributed by atoms with Crippen LogP contribution >= 0.6 is 0 Å². The Balaban J connectivity index is 1.95. The predicted molar refractivity (Wildman–Crippen MR) is 115 cm³/mol.